The molecule has 90 valence electrons. The first-order chi connectivity index (χ1) is 7.31. The highest BCUT2D eigenvalue weighted by atomic mass is 14.0. The molecule has 0 nitrogen and oxygen atoms in total. The van der Waals surface area contributed by atoms with Crippen LogP contribution in [0.2, 0.25) is 0 Å². The lowest BCUT2D eigenvalue weighted by atomic mass is 10.0. The average molecular weight is 210 g/mol. The largest absolute Gasteiger partial charge is 0.0999 e. The summed E-state index contributed by atoms with van der Waals surface area (Å²) in [5.74, 6) is 0. The van der Waals surface area contributed by atoms with Crippen molar-refractivity contribution in [2.45, 2.75) is 84.5 Å². The molecule has 0 aromatic rings. The summed E-state index contributed by atoms with van der Waals surface area (Å²) in [5, 5.41) is 0. The van der Waals surface area contributed by atoms with Gasteiger partial charge in [-0.2, -0.15) is 0 Å². The van der Waals surface area contributed by atoms with Crippen LogP contribution in [0.15, 0.2) is 12.2 Å². The smallest absolute Gasteiger partial charge is 0.0323 e. The first-order valence-electron chi connectivity index (χ1n) is 6.97. The van der Waals surface area contributed by atoms with Crippen LogP contribution < -0.4 is 0 Å². The lowest BCUT2D eigenvalue weighted by Gasteiger charge is -2.04. The Kier molecular flexibility index (Phi) is 11.6. The maximum atomic E-state index is 4.10. The van der Waals surface area contributed by atoms with Crippen LogP contribution in [-0.2, 0) is 0 Å². The first-order valence-corrected chi connectivity index (χ1v) is 6.97. The zero-order valence-electron chi connectivity index (χ0n) is 11.0. The highest BCUT2D eigenvalue weighted by molar-refractivity contribution is 4.92. The summed E-state index contributed by atoms with van der Waals surface area (Å²) in [6.07, 6.45) is 15.1. The lowest BCUT2D eigenvalue weighted by Crippen LogP contribution is -1.84. The number of allylic oxidation sites excluding steroid dienone is 1. The van der Waals surface area contributed by atoms with Crippen molar-refractivity contribution >= 4 is 0 Å². The van der Waals surface area contributed by atoms with Crippen LogP contribution in [0.1, 0.15) is 84.5 Å². The summed E-state index contributed by atoms with van der Waals surface area (Å²) in [4.78, 5) is 0. The molecule has 0 aliphatic carbocycles. The van der Waals surface area contributed by atoms with Crippen LogP contribution in [0.25, 0.3) is 0 Å². The van der Waals surface area contributed by atoms with Gasteiger partial charge in [0.2, 0.25) is 0 Å². The predicted molar refractivity (Wildman–Crippen MR) is 71.3 cm³/mol. The second-order valence-corrected chi connectivity index (χ2v) is 4.72. The van der Waals surface area contributed by atoms with E-state index in [4.69, 9.17) is 0 Å². The van der Waals surface area contributed by atoms with Gasteiger partial charge in [0, 0.05) is 0 Å². The number of hydrogen-bond donors (Lipinski definition) is 0. The minimum atomic E-state index is 1.23. The van der Waals surface area contributed by atoms with Crippen molar-refractivity contribution in [3.63, 3.8) is 0 Å². The quantitative estimate of drug-likeness (QED) is 0.295. The topological polar surface area (TPSA) is 0 Å². The van der Waals surface area contributed by atoms with Gasteiger partial charge in [0.05, 0.1) is 0 Å². The Bertz CT molecular complexity index is 135. The molecule has 0 aliphatic heterocycles. The van der Waals surface area contributed by atoms with Crippen LogP contribution in [0, 0.1) is 0 Å². The SMILES string of the molecule is C=C(CCC)CCCCCCCCCC. The molecule has 0 fully saturated rings. The summed E-state index contributed by atoms with van der Waals surface area (Å²) < 4.78 is 0. The highest BCUT2D eigenvalue weighted by Gasteiger charge is 1.94. The Morgan fingerprint density at radius 1 is 0.667 bits per heavy atom. The highest BCUT2D eigenvalue weighted by Crippen LogP contribution is 2.14. The van der Waals surface area contributed by atoms with E-state index in [1.54, 1.807) is 0 Å². The standard InChI is InChI=1S/C15H30/c1-4-6-7-8-9-10-11-12-14-15(3)13-5-2/h3-14H2,1-2H3. The molecule has 0 saturated heterocycles. The molecule has 15 heavy (non-hydrogen) atoms. The number of unbranched alkanes of at least 4 members (excludes halogenated alkanes) is 7. The molecule has 0 atom stereocenters. The molecule has 0 saturated carbocycles. The Morgan fingerprint density at radius 3 is 1.73 bits per heavy atom. The molecule has 0 aromatic heterocycles. The van der Waals surface area contributed by atoms with Crippen molar-refractivity contribution in [3.05, 3.63) is 12.2 Å². The molecule has 0 N–H and O–H groups in total. The molecule has 0 amide bonds. The fraction of sp³-hybridized carbons (Fsp3) is 0.867. The monoisotopic (exact) mass is 210 g/mol. The van der Waals surface area contributed by atoms with E-state index in [0.29, 0.717) is 0 Å². The number of hydrogen-bond acceptors (Lipinski definition) is 0. The summed E-state index contributed by atoms with van der Waals surface area (Å²) in [6.45, 7) is 8.61. The van der Waals surface area contributed by atoms with Gasteiger partial charge in [0.25, 0.3) is 0 Å². The van der Waals surface area contributed by atoms with E-state index in [1.165, 1.54) is 76.2 Å². The van der Waals surface area contributed by atoms with Crippen molar-refractivity contribution < 1.29 is 0 Å². The maximum Gasteiger partial charge on any atom is -0.0323 e. The van der Waals surface area contributed by atoms with E-state index in [0.717, 1.165) is 0 Å². The van der Waals surface area contributed by atoms with Crippen molar-refractivity contribution in [3.8, 4) is 0 Å². The van der Waals surface area contributed by atoms with Gasteiger partial charge in [-0.15, -0.1) is 0 Å². The van der Waals surface area contributed by atoms with Crippen molar-refractivity contribution in [2.75, 3.05) is 0 Å². The van der Waals surface area contributed by atoms with E-state index < -0.39 is 0 Å². The molecule has 0 radical (unpaired) electrons. The average Bonchev–Trinajstić information content (AvgIpc) is 2.22. The van der Waals surface area contributed by atoms with Gasteiger partial charge in [0.15, 0.2) is 0 Å². The molecule has 0 aliphatic rings. The third-order valence-electron chi connectivity index (χ3n) is 2.99. The van der Waals surface area contributed by atoms with Crippen molar-refractivity contribution in [1.29, 1.82) is 0 Å². The van der Waals surface area contributed by atoms with Crippen LogP contribution in [0.3, 0.4) is 0 Å². The van der Waals surface area contributed by atoms with E-state index in [1.807, 2.05) is 0 Å². The van der Waals surface area contributed by atoms with E-state index >= 15 is 0 Å². The minimum Gasteiger partial charge on any atom is -0.0999 e. The van der Waals surface area contributed by atoms with Gasteiger partial charge >= 0.3 is 0 Å². The molecule has 0 spiro atoms. The second-order valence-electron chi connectivity index (χ2n) is 4.72. The summed E-state index contributed by atoms with van der Waals surface area (Å²) in [6, 6.07) is 0. The van der Waals surface area contributed by atoms with Crippen molar-refractivity contribution in [1.82, 2.24) is 0 Å². The fourth-order valence-electron chi connectivity index (χ4n) is 1.99. The van der Waals surface area contributed by atoms with Crippen LogP contribution >= 0.6 is 0 Å². The molecule has 0 unspecified atom stereocenters. The van der Waals surface area contributed by atoms with E-state index in [2.05, 4.69) is 20.4 Å². The second kappa shape index (κ2) is 11.8. The zero-order valence-corrected chi connectivity index (χ0v) is 11.0. The minimum absolute atomic E-state index is 1.23. The number of rotatable bonds is 11. The van der Waals surface area contributed by atoms with Crippen LogP contribution in [0.5, 0.6) is 0 Å². The third-order valence-corrected chi connectivity index (χ3v) is 2.99. The third kappa shape index (κ3) is 11.7. The van der Waals surface area contributed by atoms with Gasteiger partial charge in [-0.1, -0.05) is 77.4 Å². The Morgan fingerprint density at radius 2 is 1.20 bits per heavy atom. The fourth-order valence-corrected chi connectivity index (χ4v) is 1.99. The molecule has 0 heterocycles. The maximum absolute atomic E-state index is 4.10. The molecular weight excluding hydrogens is 180 g/mol. The van der Waals surface area contributed by atoms with Gasteiger partial charge in [0.1, 0.15) is 0 Å². The van der Waals surface area contributed by atoms with E-state index in [9.17, 15) is 0 Å². The molecule has 0 rings (SSSR count). The molecular formula is C15H30. The van der Waals surface area contributed by atoms with E-state index in [-0.39, 0.29) is 0 Å². The predicted octanol–water partition coefficient (Wildman–Crippen LogP) is 5.87. The normalized spacial score (nSPS) is 10.5. The van der Waals surface area contributed by atoms with Gasteiger partial charge < -0.3 is 0 Å². The Hall–Kier alpha value is -0.260. The van der Waals surface area contributed by atoms with Gasteiger partial charge in [-0.05, 0) is 19.3 Å². The van der Waals surface area contributed by atoms with Gasteiger partial charge in [-0.3, -0.25) is 0 Å². The summed E-state index contributed by atoms with van der Waals surface area (Å²) >= 11 is 0. The van der Waals surface area contributed by atoms with Crippen LogP contribution in [-0.4, -0.2) is 0 Å². The summed E-state index contributed by atoms with van der Waals surface area (Å²) in [7, 11) is 0. The molecule has 0 aromatic carbocycles. The summed E-state index contributed by atoms with van der Waals surface area (Å²) in [5.41, 5.74) is 1.46. The van der Waals surface area contributed by atoms with Crippen molar-refractivity contribution in [2.24, 2.45) is 0 Å². The first kappa shape index (κ1) is 14.7. The molecule has 0 heteroatoms. The Balaban J connectivity index is 3.01. The Labute approximate surface area is 97.2 Å². The van der Waals surface area contributed by atoms with Gasteiger partial charge in [-0.25, -0.2) is 0 Å². The zero-order chi connectivity index (χ0) is 11.4. The lowest BCUT2D eigenvalue weighted by molar-refractivity contribution is 0.572. The molecule has 0 bridgehead atoms. The van der Waals surface area contributed by atoms with Crippen LogP contribution in [0.4, 0.5) is 0 Å².